The van der Waals surface area contributed by atoms with Gasteiger partial charge in [0.15, 0.2) is 0 Å². The van der Waals surface area contributed by atoms with E-state index in [4.69, 9.17) is 25.9 Å². The van der Waals surface area contributed by atoms with Crippen molar-refractivity contribution in [2.45, 2.75) is 20.1 Å². The monoisotopic (exact) mass is 280 g/mol. The summed E-state index contributed by atoms with van der Waals surface area (Å²) in [7, 11) is 0. The fourth-order valence-electron chi connectivity index (χ4n) is 1.55. The molecule has 0 spiro atoms. The maximum atomic E-state index is 11.6. The van der Waals surface area contributed by atoms with E-state index in [-0.39, 0.29) is 30.2 Å². The smallest absolute Gasteiger partial charge is 0.227 e. The Balaban J connectivity index is 2.12. The Morgan fingerprint density at radius 3 is 2.79 bits per heavy atom. The first-order chi connectivity index (χ1) is 9.10. The molecule has 1 heterocycles. The van der Waals surface area contributed by atoms with Gasteiger partial charge in [0.05, 0.1) is 0 Å². The molecular weight excluding hydrogens is 268 g/mol. The third kappa shape index (κ3) is 3.36. The van der Waals surface area contributed by atoms with Crippen LogP contribution in [0, 0.1) is 6.92 Å². The minimum absolute atomic E-state index is 0.0915. The lowest BCUT2D eigenvalue weighted by molar-refractivity contribution is 0.236. The molecule has 1 aromatic carbocycles. The van der Waals surface area contributed by atoms with Crippen LogP contribution in [-0.4, -0.2) is 5.11 Å². The van der Waals surface area contributed by atoms with Crippen molar-refractivity contribution in [3.63, 3.8) is 0 Å². The molecule has 0 aliphatic rings. The number of ether oxygens (including phenoxy) is 1. The highest BCUT2D eigenvalue weighted by Crippen LogP contribution is 2.19. The topological polar surface area (TPSA) is 59.7 Å². The van der Waals surface area contributed by atoms with Crippen LogP contribution in [0.25, 0.3) is 0 Å². The van der Waals surface area contributed by atoms with E-state index in [1.54, 1.807) is 0 Å². The Kier molecular flexibility index (Phi) is 4.24. The SMILES string of the molecule is Cc1ccc(COc2coc(CO)cc2=O)c(Cl)c1. The highest BCUT2D eigenvalue weighted by molar-refractivity contribution is 6.31. The second-order valence-electron chi connectivity index (χ2n) is 4.12. The average Bonchev–Trinajstić information content (AvgIpc) is 2.39. The standard InChI is InChI=1S/C14H13ClO4/c1-9-2-3-10(12(15)4-9)7-19-14-8-18-11(6-16)5-13(14)17/h2-5,8,16H,6-7H2,1H3. The summed E-state index contributed by atoms with van der Waals surface area (Å²) in [5.74, 6) is 0.291. The van der Waals surface area contributed by atoms with Crippen LogP contribution < -0.4 is 10.2 Å². The van der Waals surface area contributed by atoms with E-state index in [0.29, 0.717) is 5.02 Å². The van der Waals surface area contributed by atoms with E-state index in [1.165, 1.54) is 12.3 Å². The molecule has 0 saturated heterocycles. The molecule has 2 aromatic rings. The summed E-state index contributed by atoms with van der Waals surface area (Å²) >= 11 is 6.07. The number of halogens is 1. The van der Waals surface area contributed by atoms with Crippen LogP contribution in [0.5, 0.6) is 5.75 Å². The van der Waals surface area contributed by atoms with E-state index < -0.39 is 0 Å². The number of hydrogen-bond donors (Lipinski definition) is 1. The van der Waals surface area contributed by atoms with Crippen LogP contribution in [0.4, 0.5) is 0 Å². The van der Waals surface area contributed by atoms with Crippen molar-refractivity contribution in [3.05, 3.63) is 62.7 Å². The lowest BCUT2D eigenvalue weighted by atomic mass is 10.2. The summed E-state index contributed by atoms with van der Waals surface area (Å²) in [6, 6.07) is 6.80. The van der Waals surface area contributed by atoms with Crippen molar-refractivity contribution in [3.8, 4) is 5.75 Å². The second-order valence-corrected chi connectivity index (χ2v) is 4.52. The van der Waals surface area contributed by atoms with Crippen LogP contribution in [0.3, 0.4) is 0 Å². The molecule has 0 atom stereocenters. The molecule has 0 radical (unpaired) electrons. The largest absolute Gasteiger partial charge is 0.482 e. The lowest BCUT2D eigenvalue weighted by Crippen LogP contribution is -2.08. The normalized spacial score (nSPS) is 10.5. The number of benzene rings is 1. The summed E-state index contributed by atoms with van der Waals surface area (Å²) in [4.78, 5) is 11.6. The second kappa shape index (κ2) is 5.91. The molecule has 0 fully saturated rings. The number of aryl methyl sites for hydroxylation is 1. The van der Waals surface area contributed by atoms with Crippen molar-refractivity contribution in [1.82, 2.24) is 0 Å². The average molecular weight is 281 g/mol. The summed E-state index contributed by atoms with van der Waals surface area (Å²) < 4.78 is 10.4. The fourth-order valence-corrected chi connectivity index (χ4v) is 1.84. The minimum Gasteiger partial charge on any atom is -0.482 e. The fraction of sp³-hybridized carbons (Fsp3) is 0.214. The minimum atomic E-state index is -0.335. The van der Waals surface area contributed by atoms with Gasteiger partial charge in [-0.3, -0.25) is 4.79 Å². The van der Waals surface area contributed by atoms with Gasteiger partial charge in [0.1, 0.15) is 25.2 Å². The molecule has 0 aliphatic carbocycles. The molecule has 0 amide bonds. The van der Waals surface area contributed by atoms with E-state index in [0.717, 1.165) is 11.1 Å². The lowest BCUT2D eigenvalue weighted by Gasteiger charge is -2.07. The van der Waals surface area contributed by atoms with Crippen molar-refractivity contribution in [2.75, 3.05) is 0 Å². The molecule has 1 N–H and O–H groups in total. The van der Waals surface area contributed by atoms with Crippen LogP contribution >= 0.6 is 11.6 Å². The Bertz CT molecular complexity index is 634. The first-order valence-corrected chi connectivity index (χ1v) is 6.08. The molecule has 19 heavy (non-hydrogen) atoms. The highest BCUT2D eigenvalue weighted by Gasteiger charge is 2.06. The van der Waals surface area contributed by atoms with Gasteiger partial charge in [-0.05, 0) is 18.6 Å². The van der Waals surface area contributed by atoms with Gasteiger partial charge in [0.25, 0.3) is 0 Å². The van der Waals surface area contributed by atoms with E-state index in [2.05, 4.69) is 0 Å². The third-order valence-corrected chi connectivity index (χ3v) is 2.95. The summed E-state index contributed by atoms with van der Waals surface area (Å²) in [6.07, 6.45) is 1.19. The quantitative estimate of drug-likeness (QED) is 0.935. The van der Waals surface area contributed by atoms with E-state index in [9.17, 15) is 4.79 Å². The molecule has 5 heteroatoms. The number of aliphatic hydroxyl groups excluding tert-OH is 1. The highest BCUT2D eigenvalue weighted by atomic mass is 35.5. The van der Waals surface area contributed by atoms with Crippen molar-refractivity contribution in [2.24, 2.45) is 0 Å². The van der Waals surface area contributed by atoms with E-state index in [1.807, 2.05) is 25.1 Å². The molecule has 0 saturated carbocycles. The summed E-state index contributed by atoms with van der Waals surface area (Å²) in [5.41, 5.74) is 1.51. The Morgan fingerprint density at radius 2 is 2.16 bits per heavy atom. The van der Waals surface area contributed by atoms with Crippen molar-refractivity contribution in [1.29, 1.82) is 0 Å². The number of aliphatic hydroxyl groups is 1. The van der Waals surface area contributed by atoms with Crippen molar-refractivity contribution < 1.29 is 14.3 Å². The molecular formula is C14H13ClO4. The van der Waals surface area contributed by atoms with Gasteiger partial charge >= 0.3 is 0 Å². The Morgan fingerprint density at radius 1 is 1.37 bits per heavy atom. The van der Waals surface area contributed by atoms with Gasteiger partial charge in [-0.25, -0.2) is 0 Å². The summed E-state index contributed by atoms with van der Waals surface area (Å²) in [6.45, 7) is 1.81. The molecule has 0 unspecified atom stereocenters. The molecule has 2 rings (SSSR count). The zero-order valence-electron chi connectivity index (χ0n) is 10.4. The molecule has 0 aliphatic heterocycles. The third-order valence-electron chi connectivity index (χ3n) is 2.60. The van der Waals surface area contributed by atoms with Crippen LogP contribution in [0.1, 0.15) is 16.9 Å². The van der Waals surface area contributed by atoms with E-state index >= 15 is 0 Å². The first-order valence-electron chi connectivity index (χ1n) is 5.70. The number of hydrogen-bond acceptors (Lipinski definition) is 4. The van der Waals surface area contributed by atoms with Gasteiger partial charge in [-0.2, -0.15) is 0 Å². The van der Waals surface area contributed by atoms with Crippen molar-refractivity contribution >= 4 is 11.6 Å². The molecule has 0 bridgehead atoms. The molecule has 1 aromatic heterocycles. The summed E-state index contributed by atoms with van der Waals surface area (Å²) in [5, 5.41) is 9.43. The first kappa shape index (κ1) is 13.6. The van der Waals surface area contributed by atoms with Gasteiger partial charge < -0.3 is 14.3 Å². The van der Waals surface area contributed by atoms with Crippen LogP contribution in [-0.2, 0) is 13.2 Å². The van der Waals surface area contributed by atoms with Gasteiger partial charge in [-0.1, -0.05) is 23.7 Å². The Hall–Kier alpha value is -1.78. The maximum Gasteiger partial charge on any atom is 0.227 e. The van der Waals surface area contributed by atoms with Gasteiger partial charge in [0, 0.05) is 16.7 Å². The Labute approximate surface area is 115 Å². The number of rotatable bonds is 4. The zero-order valence-corrected chi connectivity index (χ0v) is 11.1. The predicted molar refractivity (Wildman–Crippen MR) is 71.4 cm³/mol. The molecule has 4 nitrogen and oxygen atoms in total. The van der Waals surface area contributed by atoms with Crippen LogP contribution in [0.2, 0.25) is 5.02 Å². The predicted octanol–water partition coefficient (Wildman–Crippen LogP) is 2.67. The maximum absolute atomic E-state index is 11.6. The molecule has 100 valence electrons. The van der Waals surface area contributed by atoms with Gasteiger partial charge in [-0.15, -0.1) is 0 Å². The van der Waals surface area contributed by atoms with Gasteiger partial charge in [0.2, 0.25) is 11.2 Å². The zero-order chi connectivity index (χ0) is 13.8. The van der Waals surface area contributed by atoms with Crippen LogP contribution in [0.15, 0.2) is 39.7 Å².